The third-order valence-electron chi connectivity index (χ3n) is 4.14. The lowest BCUT2D eigenvalue weighted by molar-refractivity contribution is -0.384. The van der Waals surface area contributed by atoms with Gasteiger partial charge in [0.05, 0.1) is 16.4 Å². The first kappa shape index (κ1) is 19.6. The number of hydrogen-bond acceptors (Lipinski definition) is 5. The molecule has 7 nitrogen and oxygen atoms in total. The van der Waals surface area contributed by atoms with Crippen molar-refractivity contribution < 1.29 is 9.72 Å². The van der Waals surface area contributed by atoms with E-state index in [1.807, 2.05) is 37.3 Å². The molecule has 0 atom stereocenters. The van der Waals surface area contributed by atoms with Gasteiger partial charge in [-0.25, -0.2) is 4.98 Å². The topological polar surface area (TPSA) is 101 Å². The number of H-pyrrole nitrogens is 1. The second kappa shape index (κ2) is 8.71. The minimum atomic E-state index is -0.499. The number of thioether (sulfide) groups is 1. The molecule has 2 aromatic carbocycles. The largest absolute Gasteiger partial charge is 0.337 e. The summed E-state index contributed by atoms with van der Waals surface area (Å²) in [5.74, 6) is -0.224. The fraction of sp³-hybridized carbons (Fsp3) is 0.200. The van der Waals surface area contributed by atoms with Gasteiger partial charge in [0, 0.05) is 18.2 Å². The minimum Gasteiger partial charge on any atom is -0.337 e. The molecule has 1 aromatic heterocycles. The Bertz CT molecular complexity index is 1000. The third-order valence-corrected chi connectivity index (χ3v) is 5.02. The van der Waals surface area contributed by atoms with Crippen molar-refractivity contribution in [3.05, 3.63) is 81.2 Å². The van der Waals surface area contributed by atoms with Crippen molar-refractivity contribution in [3.63, 3.8) is 0 Å². The molecule has 28 heavy (non-hydrogen) atoms. The molecular formula is C20H20N4O3S. The predicted octanol–water partition coefficient (Wildman–Crippen LogP) is 4.26. The minimum absolute atomic E-state index is 0.1000. The lowest BCUT2D eigenvalue weighted by Gasteiger charge is -2.06. The number of nitrogens with zero attached hydrogens (tertiary/aromatic N) is 2. The fourth-order valence-electron chi connectivity index (χ4n) is 2.72. The highest BCUT2D eigenvalue weighted by Crippen LogP contribution is 2.26. The highest BCUT2D eigenvalue weighted by atomic mass is 32.2. The quantitative estimate of drug-likeness (QED) is 0.353. The fourth-order valence-corrected chi connectivity index (χ4v) is 3.46. The molecule has 0 radical (unpaired) electrons. The first-order valence-corrected chi connectivity index (χ1v) is 9.68. The summed E-state index contributed by atoms with van der Waals surface area (Å²) >= 11 is 1.26. The molecule has 0 fully saturated rings. The molecule has 0 saturated heterocycles. The number of nitro groups is 1. The van der Waals surface area contributed by atoms with Crippen LogP contribution in [0.3, 0.4) is 0 Å². The van der Waals surface area contributed by atoms with E-state index < -0.39 is 4.92 Å². The van der Waals surface area contributed by atoms with Crippen LogP contribution in [0.4, 0.5) is 11.4 Å². The number of carbonyl (C=O) groups is 1. The van der Waals surface area contributed by atoms with E-state index in [-0.39, 0.29) is 23.0 Å². The van der Waals surface area contributed by atoms with Crippen LogP contribution in [0.25, 0.3) is 0 Å². The maximum absolute atomic E-state index is 12.2. The summed E-state index contributed by atoms with van der Waals surface area (Å²) < 4.78 is 0. The summed E-state index contributed by atoms with van der Waals surface area (Å²) in [5, 5.41) is 14.4. The van der Waals surface area contributed by atoms with Gasteiger partial charge in [-0.3, -0.25) is 14.9 Å². The Morgan fingerprint density at radius 2 is 1.96 bits per heavy atom. The molecule has 0 aliphatic rings. The number of anilines is 1. The molecule has 2 N–H and O–H groups in total. The van der Waals surface area contributed by atoms with Crippen molar-refractivity contribution >= 4 is 29.0 Å². The van der Waals surface area contributed by atoms with Crippen LogP contribution in [-0.2, 0) is 11.2 Å². The van der Waals surface area contributed by atoms with Crippen molar-refractivity contribution in [2.45, 2.75) is 25.4 Å². The molecule has 3 rings (SSSR count). The van der Waals surface area contributed by atoms with Gasteiger partial charge in [0.2, 0.25) is 5.91 Å². The Morgan fingerprint density at radius 1 is 1.21 bits per heavy atom. The Kier molecular flexibility index (Phi) is 6.10. The number of hydrogen-bond donors (Lipinski definition) is 2. The van der Waals surface area contributed by atoms with E-state index in [9.17, 15) is 14.9 Å². The van der Waals surface area contributed by atoms with E-state index in [4.69, 9.17) is 0 Å². The number of rotatable bonds is 7. The number of imidazole rings is 1. The molecule has 0 bridgehead atoms. The van der Waals surface area contributed by atoms with Crippen molar-refractivity contribution in [2.24, 2.45) is 0 Å². The molecule has 0 spiro atoms. The van der Waals surface area contributed by atoms with Crippen molar-refractivity contribution in [3.8, 4) is 0 Å². The van der Waals surface area contributed by atoms with Crippen LogP contribution in [0.5, 0.6) is 0 Å². The van der Waals surface area contributed by atoms with Gasteiger partial charge < -0.3 is 10.3 Å². The molecule has 8 heteroatoms. The zero-order chi connectivity index (χ0) is 20.1. The van der Waals surface area contributed by atoms with E-state index >= 15 is 0 Å². The molecule has 0 aliphatic carbocycles. The van der Waals surface area contributed by atoms with Gasteiger partial charge in [0.1, 0.15) is 5.69 Å². The van der Waals surface area contributed by atoms with Crippen LogP contribution in [0.15, 0.2) is 53.7 Å². The zero-order valence-corrected chi connectivity index (χ0v) is 16.4. The van der Waals surface area contributed by atoms with Crippen LogP contribution in [0.1, 0.15) is 22.5 Å². The van der Waals surface area contributed by atoms with Crippen LogP contribution in [-0.4, -0.2) is 26.6 Å². The Labute approximate surface area is 166 Å². The average molecular weight is 396 g/mol. The molecule has 3 aromatic rings. The number of amides is 1. The zero-order valence-electron chi connectivity index (χ0n) is 15.6. The number of nitrogens with one attached hydrogen (secondary N) is 2. The first-order valence-electron chi connectivity index (χ1n) is 8.69. The standard InChI is InChI=1S/C20H20N4O3S/c1-13-8-9-16(18(10-13)24(26)27)22-19(25)12-28-20-21-14(2)17(23-20)11-15-6-4-3-5-7-15/h3-10H,11-12H2,1-2H3,(H,21,23)(H,22,25). The number of aryl methyl sites for hydroxylation is 2. The van der Waals surface area contributed by atoms with Gasteiger partial charge in [-0.05, 0) is 31.0 Å². The average Bonchev–Trinajstić information content (AvgIpc) is 3.01. The van der Waals surface area contributed by atoms with E-state index in [0.717, 1.165) is 22.5 Å². The number of carbonyl (C=O) groups excluding carboxylic acids is 1. The van der Waals surface area contributed by atoms with Gasteiger partial charge in [0.15, 0.2) is 5.16 Å². The molecule has 0 unspecified atom stereocenters. The molecule has 0 saturated carbocycles. The van der Waals surface area contributed by atoms with Gasteiger partial charge in [-0.2, -0.15) is 0 Å². The highest BCUT2D eigenvalue weighted by molar-refractivity contribution is 7.99. The van der Waals surface area contributed by atoms with Crippen LogP contribution in [0, 0.1) is 24.0 Å². The van der Waals surface area contributed by atoms with Crippen molar-refractivity contribution in [2.75, 3.05) is 11.1 Å². The van der Waals surface area contributed by atoms with E-state index in [1.54, 1.807) is 19.1 Å². The van der Waals surface area contributed by atoms with Gasteiger partial charge in [-0.15, -0.1) is 0 Å². The Hall–Kier alpha value is -3.13. The third kappa shape index (κ3) is 4.98. The number of aromatic nitrogens is 2. The summed E-state index contributed by atoms with van der Waals surface area (Å²) in [5.41, 5.74) is 3.90. The lowest BCUT2D eigenvalue weighted by Crippen LogP contribution is -2.15. The summed E-state index contributed by atoms with van der Waals surface area (Å²) in [6.45, 7) is 3.71. The van der Waals surface area contributed by atoms with Crippen LogP contribution < -0.4 is 5.32 Å². The Morgan fingerprint density at radius 3 is 2.68 bits per heavy atom. The van der Waals surface area contributed by atoms with Crippen LogP contribution in [0.2, 0.25) is 0 Å². The van der Waals surface area contributed by atoms with Crippen molar-refractivity contribution in [1.82, 2.24) is 9.97 Å². The van der Waals surface area contributed by atoms with Crippen LogP contribution >= 0.6 is 11.8 Å². The van der Waals surface area contributed by atoms with E-state index in [1.165, 1.54) is 17.8 Å². The molecule has 144 valence electrons. The molecule has 0 aliphatic heterocycles. The molecular weight excluding hydrogens is 376 g/mol. The first-order chi connectivity index (χ1) is 13.4. The van der Waals surface area contributed by atoms with E-state index in [2.05, 4.69) is 15.3 Å². The van der Waals surface area contributed by atoms with Gasteiger partial charge in [-0.1, -0.05) is 48.2 Å². The van der Waals surface area contributed by atoms with Gasteiger partial charge in [0.25, 0.3) is 5.69 Å². The summed E-state index contributed by atoms with van der Waals surface area (Å²) in [7, 11) is 0. The number of nitro benzene ring substituents is 1. The number of aromatic amines is 1. The maximum atomic E-state index is 12.2. The lowest BCUT2D eigenvalue weighted by atomic mass is 10.1. The predicted molar refractivity (Wildman–Crippen MR) is 110 cm³/mol. The highest BCUT2D eigenvalue weighted by Gasteiger charge is 2.17. The van der Waals surface area contributed by atoms with E-state index in [0.29, 0.717) is 11.6 Å². The normalized spacial score (nSPS) is 10.6. The smallest absolute Gasteiger partial charge is 0.293 e. The van der Waals surface area contributed by atoms with Gasteiger partial charge >= 0.3 is 0 Å². The summed E-state index contributed by atoms with van der Waals surface area (Å²) in [4.78, 5) is 30.6. The summed E-state index contributed by atoms with van der Waals surface area (Å²) in [6.07, 6.45) is 0.714. The van der Waals surface area contributed by atoms with Crippen molar-refractivity contribution in [1.29, 1.82) is 0 Å². The molecule has 1 heterocycles. The second-order valence-electron chi connectivity index (χ2n) is 6.39. The second-order valence-corrected chi connectivity index (χ2v) is 7.35. The molecule has 1 amide bonds. The monoisotopic (exact) mass is 396 g/mol. The Balaban J connectivity index is 1.61. The SMILES string of the molecule is Cc1ccc(NC(=O)CSc2nc(Cc3ccccc3)c(C)[nH]2)c([N+](=O)[O-])c1. The number of benzene rings is 2. The maximum Gasteiger partial charge on any atom is 0.293 e. The summed E-state index contributed by atoms with van der Waals surface area (Å²) in [6, 6.07) is 14.7.